The van der Waals surface area contributed by atoms with Gasteiger partial charge < -0.3 is 9.80 Å². The van der Waals surface area contributed by atoms with Crippen molar-refractivity contribution in [1.29, 1.82) is 10.5 Å². The Morgan fingerprint density at radius 1 is 0.254 bits per heavy atom. The van der Waals surface area contributed by atoms with E-state index in [0.717, 1.165) is 151 Å². The van der Waals surface area contributed by atoms with Crippen molar-refractivity contribution in [2.24, 2.45) is 0 Å². The van der Waals surface area contributed by atoms with Gasteiger partial charge in [-0.15, -0.1) is 0 Å². The van der Waals surface area contributed by atoms with E-state index < -0.39 is 34.5 Å². The standard InChI is InChI=1S/C109H64N4O/c110-61-82-83(62-111)106(113(69-57-51-66(52-58-69)64-27-5-2-6-28-64)93-48-24-46-91-96(93)81-38-16-22-44-89(81)109(91)86-41-19-13-33-74(86)75-34-14-20-42-87(75)109)102-101(103-99-76-35-9-7-29-70(76)78-59-53-67-54-60-79-71-30-8-10-36-77(71)100(104(102)107(103)114)98(79)94(67)97(78)99)105(82)112(68-55-49-65(50-56-68)63-25-3-1-4-26-63)92-47-23-45-90-95(92)80-37-15-21-43-88(80)108(90)84-39-17-11-31-72(84)73-32-12-18-40-85(73)108/h1-60,99-100,103-104H. The van der Waals surface area contributed by atoms with Crippen molar-refractivity contribution < 1.29 is 4.79 Å². The lowest BCUT2D eigenvalue weighted by Gasteiger charge is -2.37. The molecule has 526 valence electrons. The lowest BCUT2D eigenvalue weighted by atomic mass is 9.70. The highest BCUT2D eigenvalue weighted by atomic mass is 16.1. The monoisotopic (exact) mass is 1440 g/mol. The highest BCUT2D eigenvalue weighted by Crippen LogP contribution is 2.73. The molecule has 0 heterocycles. The Kier molecular flexibility index (Phi) is 12.8. The molecule has 0 saturated carbocycles. The molecular formula is C109H64N4O. The van der Waals surface area contributed by atoms with E-state index in [-0.39, 0.29) is 16.9 Å². The smallest absolute Gasteiger partial charge is 0.149 e. The van der Waals surface area contributed by atoms with E-state index in [0.29, 0.717) is 11.4 Å². The lowest BCUT2D eigenvalue weighted by Crippen LogP contribution is -2.26. The molecule has 0 amide bonds. The zero-order valence-electron chi connectivity index (χ0n) is 61.6. The highest BCUT2D eigenvalue weighted by Gasteiger charge is 2.60. The van der Waals surface area contributed by atoms with Gasteiger partial charge in [0.2, 0.25) is 0 Å². The van der Waals surface area contributed by atoms with Gasteiger partial charge in [0.15, 0.2) is 0 Å². The summed E-state index contributed by atoms with van der Waals surface area (Å²) in [6.45, 7) is 0. The number of rotatable bonds is 8. The van der Waals surface area contributed by atoms with Crippen molar-refractivity contribution in [3.8, 4) is 101 Å². The summed E-state index contributed by atoms with van der Waals surface area (Å²) in [5.41, 5.74) is 35.8. The van der Waals surface area contributed by atoms with Crippen molar-refractivity contribution in [3.63, 3.8) is 0 Å². The second kappa shape index (κ2) is 23.2. The number of hydrogen-bond acceptors (Lipinski definition) is 5. The Labute approximate surface area is 660 Å². The molecule has 0 radical (unpaired) electrons. The fourth-order valence-electron chi connectivity index (χ4n) is 23.1. The fraction of sp³-hybridized carbons (Fsp3) is 0.0550. The summed E-state index contributed by atoms with van der Waals surface area (Å²) in [5.74, 6) is -2.89. The first-order valence-electron chi connectivity index (χ1n) is 39.6. The van der Waals surface area contributed by atoms with Crippen LogP contribution in [0.3, 0.4) is 0 Å². The van der Waals surface area contributed by atoms with Gasteiger partial charge >= 0.3 is 0 Å². The van der Waals surface area contributed by atoms with Crippen LogP contribution in [-0.2, 0) is 15.6 Å². The van der Waals surface area contributed by atoms with E-state index in [1.165, 1.54) is 49.9 Å². The maximum Gasteiger partial charge on any atom is 0.149 e. The number of benzene rings is 17. The molecule has 0 saturated heterocycles. The second-order valence-electron chi connectivity index (χ2n) is 31.8. The molecule has 17 aromatic carbocycles. The van der Waals surface area contributed by atoms with Crippen LogP contribution in [0.5, 0.6) is 0 Å². The summed E-state index contributed by atoms with van der Waals surface area (Å²) in [7, 11) is 0. The van der Waals surface area contributed by atoms with Gasteiger partial charge in [-0.2, -0.15) is 10.5 Å². The summed E-state index contributed by atoms with van der Waals surface area (Å²) in [6.07, 6.45) is 0. The first-order valence-corrected chi connectivity index (χ1v) is 39.6. The Morgan fingerprint density at radius 2 is 0.561 bits per heavy atom. The maximum absolute atomic E-state index is 18.8. The third-order valence-corrected chi connectivity index (χ3v) is 27.1. The van der Waals surface area contributed by atoms with Gasteiger partial charge in [-0.3, -0.25) is 4.79 Å². The Bertz CT molecular complexity index is 6740. The first-order chi connectivity index (χ1) is 56.5. The third-order valence-electron chi connectivity index (χ3n) is 27.1. The lowest BCUT2D eigenvalue weighted by molar-refractivity contribution is -0.121. The van der Waals surface area contributed by atoms with Crippen molar-refractivity contribution in [2.75, 3.05) is 9.80 Å². The SMILES string of the molecule is N#Cc1c(C#N)c(N(c2ccc(-c3ccccc3)cc2)c2cccc3c2-c2ccccc2C32c3ccccc3-c3ccccc32)c2c(c1N(c1ccc(-c3ccccc3)cc1)c1cccc3c1-c1ccccc1C31c3ccccc3-c3ccccc31)C1C(=O)C2C2c3ccccc3-c3ccc4ccc5c(c4c32)C1c1ccccc1-5. The van der Waals surface area contributed by atoms with E-state index in [9.17, 15) is 10.5 Å². The van der Waals surface area contributed by atoms with Crippen LogP contribution in [0.2, 0.25) is 0 Å². The number of carbonyl (C=O) groups excluding carboxylic acids is 1. The Morgan fingerprint density at radius 3 is 0.930 bits per heavy atom. The molecule has 0 aliphatic heterocycles. The molecule has 0 N–H and O–H groups in total. The van der Waals surface area contributed by atoms with Gasteiger partial charge in [0.25, 0.3) is 0 Å². The molecule has 5 heteroatoms. The molecule has 2 bridgehead atoms. The molecular weight excluding hydrogens is 1380 g/mol. The van der Waals surface area contributed by atoms with Gasteiger partial charge in [0.1, 0.15) is 17.9 Å². The predicted molar refractivity (Wildman–Crippen MR) is 458 cm³/mol. The van der Waals surface area contributed by atoms with Crippen molar-refractivity contribution in [2.45, 2.75) is 34.5 Å². The molecule has 4 atom stereocenters. The molecule has 4 unspecified atom stereocenters. The normalized spacial score (nSPS) is 16.7. The number of ketones is 1. The minimum absolute atomic E-state index is 0.0561. The van der Waals surface area contributed by atoms with Crippen LogP contribution in [0.15, 0.2) is 364 Å². The summed E-state index contributed by atoms with van der Waals surface area (Å²) in [5, 5.41) is 29.4. The average molecular weight is 1450 g/mol. The number of hydrogen-bond donors (Lipinski definition) is 0. The van der Waals surface area contributed by atoms with Crippen molar-refractivity contribution in [1.82, 2.24) is 0 Å². The zero-order valence-corrected chi connectivity index (χ0v) is 61.6. The maximum atomic E-state index is 18.8. The van der Waals surface area contributed by atoms with E-state index in [4.69, 9.17) is 0 Å². The molecule has 2 spiro atoms. The summed E-state index contributed by atoms with van der Waals surface area (Å²) < 4.78 is 0. The van der Waals surface area contributed by atoms with E-state index in [1.54, 1.807) is 0 Å². The molecule has 8 aliphatic rings. The largest absolute Gasteiger partial charge is 0.308 e. The van der Waals surface area contributed by atoms with Crippen LogP contribution < -0.4 is 9.80 Å². The highest BCUT2D eigenvalue weighted by molar-refractivity contribution is 6.15. The van der Waals surface area contributed by atoms with Gasteiger partial charge in [0.05, 0.1) is 56.5 Å². The second-order valence-corrected chi connectivity index (χ2v) is 31.8. The number of fused-ring (bicyclic) bond motifs is 28. The molecule has 5 nitrogen and oxygen atoms in total. The minimum Gasteiger partial charge on any atom is -0.308 e. The predicted octanol–water partition coefficient (Wildman–Crippen LogP) is 26.2. The zero-order chi connectivity index (χ0) is 75.0. The number of nitriles is 2. The molecule has 114 heavy (non-hydrogen) atoms. The Balaban J connectivity index is 0.869. The topological polar surface area (TPSA) is 71.1 Å². The van der Waals surface area contributed by atoms with Crippen LogP contribution in [-0.4, -0.2) is 5.78 Å². The molecule has 8 aliphatic carbocycles. The summed E-state index contributed by atoms with van der Waals surface area (Å²) in [6, 6.07) is 138. The van der Waals surface area contributed by atoms with Crippen LogP contribution >= 0.6 is 0 Å². The average Bonchev–Trinajstić information content (AvgIpc) is 1.51. The molecule has 25 rings (SSSR count). The quantitative estimate of drug-likeness (QED) is 0.152. The Hall–Kier alpha value is -14.8. The fourth-order valence-corrected chi connectivity index (χ4v) is 23.1. The minimum atomic E-state index is -0.925. The summed E-state index contributed by atoms with van der Waals surface area (Å²) in [4.78, 5) is 23.4. The number of Topliss-reactive ketones (excluding diaryl/α,β-unsaturated/α-hetero) is 1. The summed E-state index contributed by atoms with van der Waals surface area (Å²) >= 11 is 0. The van der Waals surface area contributed by atoms with Crippen LogP contribution in [0, 0.1) is 22.7 Å². The van der Waals surface area contributed by atoms with Crippen molar-refractivity contribution in [3.05, 3.63) is 453 Å². The number of carbonyl (C=O) groups is 1. The molecule has 17 aromatic rings. The van der Waals surface area contributed by atoms with Gasteiger partial charge in [-0.1, -0.05) is 328 Å². The van der Waals surface area contributed by atoms with Gasteiger partial charge in [-0.25, -0.2) is 0 Å². The number of nitrogens with zero attached hydrogens (tertiary/aromatic N) is 4. The van der Waals surface area contributed by atoms with Crippen LogP contribution in [0.25, 0.3) is 99.8 Å². The van der Waals surface area contributed by atoms with E-state index >= 15 is 4.79 Å². The van der Waals surface area contributed by atoms with Crippen molar-refractivity contribution >= 4 is 50.7 Å². The third kappa shape index (κ3) is 7.83. The number of anilines is 6. The van der Waals surface area contributed by atoms with Crippen LogP contribution in [0.1, 0.15) is 113 Å². The van der Waals surface area contributed by atoms with Gasteiger partial charge in [-0.05, 0) is 203 Å². The van der Waals surface area contributed by atoms with E-state index in [2.05, 4.69) is 386 Å². The van der Waals surface area contributed by atoms with Gasteiger partial charge in [0, 0.05) is 34.3 Å². The molecule has 0 aromatic heterocycles. The van der Waals surface area contributed by atoms with Crippen LogP contribution in [0.4, 0.5) is 34.1 Å². The first kappa shape index (κ1) is 63.1. The molecule has 0 fully saturated rings. The van der Waals surface area contributed by atoms with E-state index in [1.807, 2.05) is 0 Å².